The number of imidazole rings is 1. The number of hydrogen-bond acceptors (Lipinski definition) is 3. The van der Waals surface area contributed by atoms with E-state index in [0.29, 0.717) is 0 Å². The van der Waals surface area contributed by atoms with E-state index >= 15 is 0 Å². The number of aryl methyl sites for hydroxylation is 1. The summed E-state index contributed by atoms with van der Waals surface area (Å²) >= 11 is 1.52. The Morgan fingerprint density at radius 1 is 1.67 bits per heavy atom. The average Bonchev–Trinajstić information content (AvgIpc) is 2.53. The van der Waals surface area contributed by atoms with Crippen molar-refractivity contribution in [3.8, 4) is 0 Å². The molecule has 2 heterocycles. The van der Waals surface area contributed by atoms with E-state index in [1.807, 2.05) is 10.8 Å². The van der Waals surface area contributed by atoms with Crippen molar-refractivity contribution >= 4 is 28.3 Å². The van der Waals surface area contributed by atoms with Crippen molar-refractivity contribution in [1.29, 1.82) is 0 Å². The van der Waals surface area contributed by atoms with E-state index in [0.717, 1.165) is 11.0 Å². The number of thiophene rings is 1. The third-order valence-electron chi connectivity index (χ3n) is 1.72. The van der Waals surface area contributed by atoms with Crippen molar-refractivity contribution < 1.29 is 9.90 Å². The Kier molecular flexibility index (Phi) is 1.41. The summed E-state index contributed by atoms with van der Waals surface area (Å²) in [6, 6.07) is 0. The van der Waals surface area contributed by atoms with Gasteiger partial charge in [-0.15, -0.1) is 11.3 Å². The van der Waals surface area contributed by atoms with Crippen molar-refractivity contribution in [2.24, 2.45) is 7.05 Å². The van der Waals surface area contributed by atoms with E-state index in [9.17, 15) is 4.79 Å². The summed E-state index contributed by atoms with van der Waals surface area (Å²) in [5.41, 5.74) is 1.62. The van der Waals surface area contributed by atoms with Gasteiger partial charge in [-0.05, 0) is 0 Å². The number of rotatable bonds is 1. The second-order valence-electron chi connectivity index (χ2n) is 2.44. The highest BCUT2D eigenvalue weighted by atomic mass is 32.1. The normalized spacial score (nSPS) is 10.8. The summed E-state index contributed by atoms with van der Waals surface area (Å²) in [7, 11) is 1.70. The van der Waals surface area contributed by atoms with Crippen LogP contribution in [0.3, 0.4) is 0 Å². The molecule has 0 fully saturated rings. The highest BCUT2D eigenvalue weighted by Gasteiger charge is 2.13. The predicted molar refractivity (Wildman–Crippen MR) is 45.6 cm³/mol. The van der Waals surface area contributed by atoms with Crippen LogP contribution in [0.25, 0.3) is 11.0 Å². The molecule has 1 N–H and O–H groups in total. The monoisotopic (exact) mass is 182 g/mol. The zero-order chi connectivity index (χ0) is 8.72. The number of aromatic carboxylic acids is 1. The lowest BCUT2D eigenvalue weighted by molar-refractivity contribution is 0.0680. The molecule has 0 aromatic carbocycles. The molecule has 0 unspecified atom stereocenters. The maximum absolute atomic E-state index is 10.6. The van der Waals surface area contributed by atoms with Gasteiger partial charge in [0.1, 0.15) is 5.52 Å². The summed E-state index contributed by atoms with van der Waals surface area (Å²) in [6.45, 7) is 0. The van der Waals surface area contributed by atoms with Crippen LogP contribution in [0, 0.1) is 0 Å². The first-order chi connectivity index (χ1) is 5.70. The van der Waals surface area contributed by atoms with Gasteiger partial charge in [0.15, 0.2) is 0 Å². The molecule has 0 amide bonds. The van der Waals surface area contributed by atoms with Crippen molar-refractivity contribution in [3.05, 3.63) is 16.6 Å². The zero-order valence-corrected chi connectivity index (χ0v) is 7.13. The molecule has 0 atom stereocenters. The van der Waals surface area contributed by atoms with E-state index in [4.69, 9.17) is 5.11 Å². The standard InChI is InChI=1S/C7H6N2O2S/c1-9-5-3-12-2-4(5)8-6(9)7(10)11/h2-3H,1H3,(H,10,11). The van der Waals surface area contributed by atoms with E-state index in [1.54, 1.807) is 11.6 Å². The van der Waals surface area contributed by atoms with Crippen LogP contribution in [0.1, 0.15) is 10.6 Å². The topological polar surface area (TPSA) is 55.1 Å². The molecule has 0 spiro atoms. The van der Waals surface area contributed by atoms with Gasteiger partial charge >= 0.3 is 5.97 Å². The molecule has 0 bridgehead atoms. The Hall–Kier alpha value is -1.36. The number of carbonyl (C=O) groups is 1. The van der Waals surface area contributed by atoms with Gasteiger partial charge in [0, 0.05) is 17.8 Å². The second-order valence-corrected chi connectivity index (χ2v) is 3.19. The van der Waals surface area contributed by atoms with E-state index in [-0.39, 0.29) is 5.82 Å². The van der Waals surface area contributed by atoms with Crippen molar-refractivity contribution in [2.45, 2.75) is 0 Å². The van der Waals surface area contributed by atoms with Crippen LogP contribution < -0.4 is 0 Å². The van der Waals surface area contributed by atoms with Crippen LogP contribution >= 0.6 is 11.3 Å². The molecule has 0 aliphatic carbocycles. The van der Waals surface area contributed by atoms with Gasteiger partial charge in [0.2, 0.25) is 5.82 Å². The molecule has 0 saturated heterocycles. The fraction of sp³-hybridized carbons (Fsp3) is 0.143. The molecule has 0 radical (unpaired) electrons. The minimum Gasteiger partial charge on any atom is -0.475 e. The zero-order valence-electron chi connectivity index (χ0n) is 6.31. The predicted octanol–water partition coefficient (Wildman–Crippen LogP) is 1.33. The molecule has 5 heteroatoms. The molecule has 0 aliphatic heterocycles. The number of carboxylic acids is 1. The van der Waals surface area contributed by atoms with Crippen LogP contribution in [0.15, 0.2) is 10.8 Å². The quantitative estimate of drug-likeness (QED) is 0.723. The first-order valence-electron chi connectivity index (χ1n) is 3.32. The SMILES string of the molecule is Cn1c(C(=O)O)nc2cscc21. The van der Waals surface area contributed by atoms with Crippen LogP contribution in [0.5, 0.6) is 0 Å². The molecule has 2 rings (SSSR count). The highest BCUT2D eigenvalue weighted by Crippen LogP contribution is 2.18. The summed E-state index contributed by atoms with van der Waals surface area (Å²) in [4.78, 5) is 14.6. The summed E-state index contributed by atoms with van der Waals surface area (Å²) < 4.78 is 1.58. The molecular weight excluding hydrogens is 176 g/mol. The number of fused-ring (bicyclic) bond motifs is 1. The van der Waals surface area contributed by atoms with Crippen LogP contribution in [0.2, 0.25) is 0 Å². The fourth-order valence-corrected chi connectivity index (χ4v) is 1.89. The molecule has 2 aromatic rings. The number of hydrogen-bond donors (Lipinski definition) is 1. The Bertz CT molecular complexity index is 443. The van der Waals surface area contributed by atoms with Crippen LogP contribution in [-0.4, -0.2) is 20.6 Å². The number of nitrogens with zero attached hydrogens (tertiary/aromatic N) is 2. The first kappa shape index (κ1) is 7.30. The lowest BCUT2D eigenvalue weighted by Gasteiger charge is -1.93. The second kappa shape index (κ2) is 2.31. The Morgan fingerprint density at radius 3 is 3.00 bits per heavy atom. The average molecular weight is 182 g/mol. The smallest absolute Gasteiger partial charge is 0.372 e. The minimum absolute atomic E-state index is 0.0906. The fourth-order valence-electron chi connectivity index (χ4n) is 1.11. The van der Waals surface area contributed by atoms with E-state index in [1.165, 1.54) is 11.3 Å². The van der Waals surface area contributed by atoms with Gasteiger partial charge in [0.05, 0.1) is 5.52 Å². The Balaban J connectivity index is 2.78. The summed E-state index contributed by atoms with van der Waals surface area (Å²) in [6.07, 6.45) is 0. The third kappa shape index (κ3) is 0.831. The molecule has 0 saturated carbocycles. The molecule has 12 heavy (non-hydrogen) atoms. The van der Waals surface area contributed by atoms with Gasteiger partial charge in [0.25, 0.3) is 0 Å². The summed E-state index contributed by atoms with van der Waals surface area (Å²) in [5, 5.41) is 12.4. The van der Waals surface area contributed by atoms with Gasteiger partial charge in [-0.3, -0.25) is 0 Å². The van der Waals surface area contributed by atoms with Crippen molar-refractivity contribution in [1.82, 2.24) is 9.55 Å². The van der Waals surface area contributed by atoms with Crippen LogP contribution in [-0.2, 0) is 7.05 Å². The third-order valence-corrected chi connectivity index (χ3v) is 2.44. The highest BCUT2D eigenvalue weighted by molar-refractivity contribution is 7.09. The minimum atomic E-state index is -0.987. The number of aromatic nitrogens is 2. The Labute approximate surface area is 72.1 Å². The van der Waals surface area contributed by atoms with Gasteiger partial charge in [-0.2, -0.15) is 0 Å². The first-order valence-corrected chi connectivity index (χ1v) is 4.26. The number of carboxylic acid groups (broad SMARTS) is 1. The van der Waals surface area contributed by atoms with Gasteiger partial charge in [-0.25, -0.2) is 9.78 Å². The lowest BCUT2D eigenvalue weighted by atomic mass is 10.5. The summed E-state index contributed by atoms with van der Waals surface area (Å²) in [5.74, 6) is -0.897. The van der Waals surface area contributed by atoms with Crippen molar-refractivity contribution in [2.75, 3.05) is 0 Å². The largest absolute Gasteiger partial charge is 0.475 e. The molecule has 0 aliphatic rings. The maximum Gasteiger partial charge on any atom is 0.372 e. The van der Waals surface area contributed by atoms with Gasteiger partial charge in [-0.1, -0.05) is 0 Å². The molecular formula is C7H6N2O2S. The maximum atomic E-state index is 10.6. The van der Waals surface area contributed by atoms with E-state index < -0.39 is 5.97 Å². The lowest BCUT2D eigenvalue weighted by Crippen LogP contribution is -2.05. The van der Waals surface area contributed by atoms with E-state index in [2.05, 4.69) is 4.98 Å². The molecule has 2 aromatic heterocycles. The van der Waals surface area contributed by atoms with Crippen LogP contribution in [0.4, 0.5) is 0 Å². The van der Waals surface area contributed by atoms with Crippen molar-refractivity contribution in [3.63, 3.8) is 0 Å². The molecule has 4 nitrogen and oxygen atoms in total. The molecule has 62 valence electrons. The Morgan fingerprint density at radius 2 is 2.42 bits per heavy atom. The van der Waals surface area contributed by atoms with Gasteiger partial charge < -0.3 is 9.67 Å².